The lowest BCUT2D eigenvalue weighted by Crippen LogP contribution is -2.20. The molecule has 1 amide bonds. The van der Waals surface area contributed by atoms with Crippen molar-refractivity contribution in [1.29, 1.82) is 0 Å². The van der Waals surface area contributed by atoms with Gasteiger partial charge in [-0.2, -0.15) is 0 Å². The number of nitrogens with zero attached hydrogens (tertiary/aromatic N) is 4. The second kappa shape index (κ2) is 5.03. The molecule has 7 heteroatoms. The van der Waals surface area contributed by atoms with E-state index >= 15 is 0 Å². The number of anilines is 1. The molecule has 1 aromatic carbocycles. The van der Waals surface area contributed by atoms with E-state index in [2.05, 4.69) is 4.98 Å². The summed E-state index contributed by atoms with van der Waals surface area (Å²) < 4.78 is 7.60. The number of furan rings is 1. The molecule has 0 bridgehead atoms. The Morgan fingerprint density at radius 2 is 2.05 bits per heavy atom. The Balaban J connectivity index is 2.27. The van der Waals surface area contributed by atoms with Crippen LogP contribution < -0.4 is 5.73 Å². The number of imidazole rings is 1. The van der Waals surface area contributed by atoms with Crippen LogP contribution in [0.4, 0.5) is 5.95 Å². The highest BCUT2D eigenvalue weighted by Gasteiger charge is 2.19. The first-order valence-electron chi connectivity index (χ1n) is 6.93. The lowest BCUT2D eigenvalue weighted by molar-refractivity contribution is 0.0799. The summed E-state index contributed by atoms with van der Waals surface area (Å²) in [6, 6.07) is 5.43. The van der Waals surface area contributed by atoms with Gasteiger partial charge in [0.2, 0.25) is 5.95 Å². The van der Waals surface area contributed by atoms with E-state index < -0.39 is 0 Å². The Morgan fingerprint density at radius 1 is 1.32 bits per heavy atom. The van der Waals surface area contributed by atoms with E-state index in [1.165, 1.54) is 4.90 Å². The number of aromatic nitrogens is 2. The summed E-state index contributed by atoms with van der Waals surface area (Å²) in [7, 11) is 7.31. The van der Waals surface area contributed by atoms with Gasteiger partial charge in [0.05, 0.1) is 17.7 Å². The molecule has 0 fully saturated rings. The number of amides is 1. The molecule has 0 radical (unpaired) electrons. The molecule has 3 aromatic rings. The van der Waals surface area contributed by atoms with Gasteiger partial charge >= 0.3 is 0 Å². The Morgan fingerprint density at radius 3 is 2.68 bits per heavy atom. The van der Waals surface area contributed by atoms with Crippen LogP contribution in [0.1, 0.15) is 10.6 Å². The van der Waals surface area contributed by atoms with Gasteiger partial charge in [-0.05, 0) is 32.3 Å². The van der Waals surface area contributed by atoms with Gasteiger partial charge in [0.15, 0.2) is 5.76 Å². The molecule has 7 nitrogen and oxygen atoms in total. The van der Waals surface area contributed by atoms with Crippen LogP contribution in [0.2, 0.25) is 0 Å². The van der Waals surface area contributed by atoms with E-state index in [4.69, 9.17) is 10.2 Å². The highest BCUT2D eigenvalue weighted by molar-refractivity contribution is 6.06. The van der Waals surface area contributed by atoms with Crippen LogP contribution in [-0.4, -0.2) is 53.4 Å². The maximum atomic E-state index is 12.1. The second-order valence-corrected chi connectivity index (χ2v) is 5.77. The van der Waals surface area contributed by atoms with Crippen LogP contribution in [0.25, 0.3) is 22.0 Å². The van der Waals surface area contributed by atoms with Crippen LogP contribution in [0.3, 0.4) is 0 Å². The van der Waals surface area contributed by atoms with Gasteiger partial charge in [-0.15, -0.1) is 0 Å². The highest BCUT2D eigenvalue weighted by Crippen LogP contribution is 2.30. The van der Waals surface area contributed by atoms with E-state index in [1.807, 2.05) is 35.7 Å². The van der Waals surface area contributed by atoms with Crippen LogP contribution in [-0.2, 0) is 6.67 Å². The SMILES string of the molecule is CN(C)Cn1c(N)nc2ccc3oc(C(=O)N(C)C)cc3c21. The van der Waals surface area contributed by atoms with Crippen molar-refractivity contribution in [3.8, 4) is 0 Å². The van der Waals surface area contributed by atoms with Gasteiger partial charge in [0.1, 0.15) is 5.58 Å². The maximum Gasteiger partial charge on any atom is 0.289 e. The molecule has 0 saturated heterocycles. The predicted octanol–water partition coefficient (Wildman–Crippen LogP) is 1.59. The van der Waals surface area contributed by atoms with Gasteiger partial charge in [0.25, 0.3) is 5.91 Å². The minimum absolute atomic E-state index is 0.170. The zero-order chi connectivity index (χ0) is 16.0. The summed E-state index contributed by atoms with van der Waals surface area (Å²) in [5, 5.41) is 0.841. The molecule has 0 aliphatic heterocycles. The Kier molecular flexibility index (Phi) is 3.29. The fraction of sp³-hybridized carbons (Fsp3) is 0.333. The van der Waals surface area contributed by atoms with Crippen molar-refractivity contribution < 1.29 is 9.21 Å². The zero-order valence-electron chi connectivity index (χ0n) is 13.1. The molecule has 3 rings (SSSR count). The summed E-state index contributed by atoms with van der Waals surface area (Å²) in [6.07, 6.45) is 0. The lowest BCUT2D eigenvalue weighted by Gasteiger charge is -2.12. The van der Waals surface area contributed by atoms with E-state index in [9.17, 15) is 4.79 Å². The first kappa shape index (κ1) is 14.4. The van der Waals surface area contributed by atoms with Gasteiger partial charge in [-0.25, -0.2) is 4.98 Å². The lowest BCUT2D eigenvalue weighted by atomic mass is 10.2. The number of hydrogen-bond acceptors (Lipinski definition) is 5. The number of rotatable bonds is 3. The third-order valence-electron chi connectivity index (χ3n) is 3.47. The van der Waals surface area contributed by atoms with E-state index in [0.717, 1.165) is 16.4 Å². The van der Waals surface area contributed by atoms with Crippen LogP contribution in [0.15, 0.2) is 22.6 Å². The topological polar surface area (TPSA) is 80.5 Å². The van der Waals surface area contributed by atoms with E-state index in [1.54, 1.807) is 20.2 Å². The summed E-state index contributed by atoms with van der Waals surface area (Å²) in [5.74, 6) is 0.581. The number of fused-ring (bicyclic) bond motifs is 3. The second-order valence-electron chi connectivity index (χ2n) is 5.77. The monoisotopic (exact) mass is 301 g/mol. The number of hydrogen-bond donors (Lipinski definition) is 1. The molecule has 0 atom stereocenters. The van der Waals surface area contributed by atoms with Crippen molar-refractivity contribution in [2.45, 2.75) is 6.67 Å². The maximum absolute atomic E-state index is 12.1. The van der Waals surface area contributed by atoms with Crippen LogP contribution in [0, 0.1) is 0 Å². The number of carbonyl (C=O) groups is 1. The highest BCUT2D eigenvalue weighted by atomic mass is 16.3. The first-order valence-corrected chi connectivity index (χ1v) is 6.93. The third-order valence-corrected chi connectivity index (χ3v) is 3.47. The molecule has 2 N–H and O–H groups in total. The summed E-state index contributed by atoms with van der Waals surface area (Å²) in [6.45, 7) is 0.601. The standard InChI is InChI=1S/C15H19N5O2/c1-18(2)8-20-13-9-7-12(14(21)19(3)4)22-11(9)6-5-10(13)17-15(20)16/h5-7H,8H2,1-4H3,(H2,16,17). The average molecular weight is 301 g/mol. The number of benzene rings is 1. The molecule has 0 aliphatic rings. The van der Waals surface area contributed by atoms with Gasteiger partial charge in [0, 0.05) is 19.5 Å². The Bertz CT molecular complexity index is 860. The van der Waals surface area contributed by atoms with Crippen molar-refractivity contribution in [2.75, 3.05) is 33.9 Å². The first-order chi connectivity index (χ1) is 10.4. The molecule has 0 unspecified atom stereocenters. The number of carbonyl (C=O) groups excluding carboxylic acids is 1. The largest absolute Gasteiger partial charge is 0.451 e. The van der Waals surface area contributed by atoms with Crippen molar-refractivity contribution in [2.24, 2.45) is 0 Å². The van der Waals surface area contributed by atoms with Gasteiger partial charge in [-0.3, -0.25) is 14.3 Å². The van der Waals surface area contributed by atoms with Crippen molar-refractivity contribution in [1.82, 2.24) is 19.4 Å². The quantitative estimate of drug-likeness (QED) is 0.794. The molecular weight excluding hydrogens is 282 g/mol. The number of nitrogen functional groups attached to an aromatic ring is 1. The average Bonchev–Trinajstić information content (AvgIpc) is 2.99. The molecule has 0 spiro atoms. The van der Waals surface area contributed by atoms with Crippen molar-refractivity contribution in [3.05, 3.63) is 24.0 Å². The fourth-order valence-electron chi connectivity index (χ4n) is 2.51. The molecule has 22 heavy (non-hydrogen) atoms. The zero-order valence-corrected chi connectivity index (χ0v) is 13.1. The fourth-order valence-corrected chi connectivity index (χ4v) is 2.51. The van der Waals surface area contributed by atoms with Gasteiger partial charge in [-0.1, -0.05) is 0 Å². The third kappa shape index (κ3) is 2.19. The van der Waals surface area contributed by atoms with E-state index in [-0.39, 0.29) is 5.91 Å². The van der Waals surface area contributed by atoms with Crippen LogP contribution >= 0.6 is 0 Å². The molecule has 2 heterocycles. The minimum Gasteiger partial charge on any atom is -0.451 e. The number of nitrogens with two attached hydrogens (primary N) is 1. The predicted molar refractivity (Wildman–Crippen MR) is 85.6 cm³/mol. The summed E-state index contributed by atoms with van der Waals surface area (Å²) >= 11 is 0. The normalized spacial score (nSPS) is 11.7. The molecule has 0 aliphatic carbocycles. The van der Waals surface area contributed by atoms with Gasteiger partial charge < -0.3 is 15.1 Å². The molecule has 116 valence electrons. The molecular formula is C15H19N5O2. The summed E-state index contributed by atoms with van der Waals surface area (Å²) in [4.78, 5) is 20.0. The van der Waals surface area contributed by atoms with Crippen LogP contribution in [0.5, 0.6) is 0 Å². The molecule has 2 aromatic heterocycles. The minimum atomic E-state index is -0.170. The van der Waals surface area contributed by atoms with Crippen molar-refractivity contribution >= 4 is 33.9 Å². The van der Waals surface area contributed by atoms with Crippen molar-refractivity contribution in [3.63, 3.8) is 0 Å². The molecule has 0 saturated carbocycles. The Labute approximate surface area is 127 Å². The van der Waals surface area contributed by atoms with E-state index in [0.29, 0.717) is 24.0 Å². The smallest absolute Gasteiger partial charge is 0.289 e. The summed E-state index contributed by atoms with van der Waals surface area (Å²) in [5.41, 5.74) is 8.35. The Hall–Kier alpha value is -2.54.